The van der Waals surface area contributed by atoms with Gasteiger partial charge in [0.2, 0.25) is 0 Å². The summed E-state index contributed by atoms with van der Waals surface area (Å²) in [5.74, 6) is -2.32. The molecule has 3 N–H and O–H groups in total. The van der Waals surface area contributed by atoms with Crippen LogP contribution in [0.2, 0.25) is 10.0 Å². The summed E-state index contributed by atoms with van der Waals surface area (Å²) in [5, 5.41) is 6.94. The van der Waals surface area contributed by atoms with Crippen molar-refractivity contribution in [3.63, 3.8) is 0 Å². The Kier molecular flexibility index (Phi) is 6.82. The molecule has 178 valence electrons. The zero-order valence-corrected chi connectivity index (χ0v) is 20.7. The lowest BCUT2D eigenvalue weighted by atomic mass is 10.1. The third kappa shape index (κ3) is 5.48. The van der Waals surface area contributed by atoms with Crippen molar-refractivity contribution in [2.45, 2.75) is 20.8 Å². The van der Waals surface area contributed by atoms with Gasteiger partial charge in [-0.2, -0.15) is 0 Å². The van der Waals surface area contributed by atoms with Crippen molar-refractivity contribution >= 4 is 63.2 Å². The lowest BCUT2D eigenvalue weighted by Crippen LogP contribution is -2.36. The van der Waals surface area contributed by atoms with Gasteiger partial charge in [0.1, 0.15) is 5.69 Å². The largest absolute Gasteiger partial charge is 0.328 e. The van der Waals surface area contributed by atoms with Crippen molar-refractivity contribution in [3.05, 3.63) is 93.1 Å². The molecule has 35 heavy (non-hydrogen) atoms. The standard InChI is InChI=1S/C26H22Cl2N4O3/c1-14-8-15(2)10-20(9-14)30-25(34)26(35)31-32-22-7-5-18(27)11-17(22)12-23(32)24(33)29-19-6-4-16(3)21(28)13-19/h4-13H,1-3H3,(H,29,33)(H,30,34)(H,31,35). The smallest absolute Gasteiger partial charge is 0.321 e. The lowest BCUT2D eigenvalue weighted by molar-refractivity contribution is -0.133. The highest BCUT2D eigenvalue weighted by Crippen LogP contribution is 2.25. The topological polar surface area (TPSA) is 92.2 Å². The molecule has 7 nitrogen and oxygen atoms in total. The Bertz CT molecular complexity index is 1470. The second kappa shape index (κ2) is 9.82. The van der Waals surface area contributed by atoms with E-state index in [1.165, 1.54) is 4.68 Å². The molecule has 0 saturated heterocycles. The third-order valence-electron chi connectivity index (χ3n) is 5.33. The summed E-state index contributed by atoms with van der Waals surface area (Å²) in [6.07, 6.45) is 0. The first-order valence-electron chi connectivity index (χ1n) is 10.7. The highest BCUT2D eigenvalue weighted by molar-refractivity contribution is 6.42. The minimum Gasteiger partial charge on any atom is -0.321 e. The van der Waals surface area contributed by atoms with E-state index < -0.39 is 17.7 Å². The highest BCUT2D eigenvalue weighted by atomic mass is 35.5. The third-order valence-corrected chi connectivity index (χ3v) is 5.97. The second-order valence-corrected chi connectivity index (χ2v) is 9.10. The van der Waals surface area contributed by atoms with Crippen LogP contribution in [0.25, 0.3) is 10.9 Å². The van der Waals surface area contributed by atoms with E-state index in [4.69, 9.17) is 23.2 Å². The summed E-state index contributed by atoms with van der Waals surface area (Å²) in [6, 6.07) is 17.1. The van der Waals surface area contributed by atoms with Gasteiger partial charge < -0.3 is 10.6 Å². The minimum atomic E-state index is -0.941. The second-order valence-electron chi connectivity index (χ2n) is 8.26. The van der Waals surface area contributed by atoms with Crippen LogP contribution in [0, 0.1) is 20.8 Å². The number of amides is 3. The normalized spacial score (nSPS) is 10.8. The van der Waals surface area contributed by atoms with Crippen LogP contribution < -0.4 is 16.1 Å². The number of carbonyl (C=O) groups excluding carboxylic acids is 3. The van der Waals surface area contributed by atoms with Gasteiger partial charge in [0.15, 0.2) is 0 Å². The molecule has 0 aliphatic rings. The number of fused-ring (bicyclic) bond motifs is 1. The number of hydrogen-bond donors (Lipinski definition) is 3. The van der Waals surface area contributed by atoms with Crippen LogP contribution in [-0.2, 0) is 9.59 Å². The number of aromatic nitrogens is 1. The number of carbonyl (C=O) groups is 3. The average Bonchev–Trinajstić information content (AvgIpc) is 3.13. The number of anilines is 2. The Hall–Kier alpha value is -3.81. The molecule has 0 unspecified atom stereocenters. The van der Waals surface area contributed by atoms with Gasteiger partial charge in [-0.25, -0.2) is 4.68 Å². The van der Waals surface area contributed by atoms with Gasteiger partial charge in [-0.15, -0.1) is 0 Å². The summed E-state index contributed by atoms with van der Waals surface area (Å²) < 4.78 is 1.26. The number of benzene rings is 3. The Morgan fingerprint density at radius 3 is 2.14 bits per heavy atom. The molecular formula is C26H22Cl2N4O3. The predicted octanol–water partition coefficient (Wildman–Crippen LogP) is 5.83. The van der Waals surface area contributed by atoms with Crippen LogP contribution in [0.3, 0.4) is 0 Å². The molecule has 0 bridgehead atoms. The Morgan fingerprint density at radius 2 is 1.46 bits per heavy atom. The van der Waals surface area contributed by atoms with E-state index in [2.05, 4.69) is 16.1 Å². The molecule has 0 aliphatic heterocycles. The molecule has 0 spiro atoms. The van der Waals surface area contributed by atoms with Crippen molar-refractivity contribution in [2.75, 3.05) is 16.1 Å². The molecular weight excluding hydrogens is 487 g/mol. The fraction of sp³-hybridized carbons (Fsp3) is 0.115. The predicted molar refractivity (Wildman–Crippen MR) is 140 cm³/mol. The van der Waals surface area contributed by atoms with Crippen molar-refractivity contribution in [1.82, 2.24) is 4.68 Å². The summed E-state index contributed by atoms with van der Waals surface area (Å²) in [7, 11) is 0. The van der Waals surface area contributed by atoms with Crippen LogP contribution in [0.4, 0.5) is 11.4 Å². The van der Waals surface area contributed by atoms with Gasteiger partial charge >= 0.3 is 11.8 Å². The Labute approximate surface area is 212 Å². The molecule has 3 amide bonds. The molecule has 0 fully saturated rings. The van der Waals surface area contributed by atoms with Gasteiger partial charge in [-0.3, -0.25) is 19.8 Å². The quantitative estimate of drug-likeness (QED) is 0.302. The van der Waals surface area contributed by atoms with Gasteiger partial charge in [0, 0.05) is 26.8 Å². The first-order valence-corrected chi connectivity index (χ1v) is 11.5. The maximum atomic E-state index is 13.1. The highest BCUT2D eigenvalue weighted by Gasteiger charge is 2.21. The van der Waals surface area contributed by atoms with Gasteiger partial charge in [-0.05, 0) is 86.0 Å². The average molecular weight is 509 g/mol. The molecule has 3 aromatic carbocycles. The van der Waals surface area contributed by atoms with Gasteiger partial charge in [0.05, 0.1) is 5.52 Å². The molecule has 0 saturated carbocycles. The molecule has 9 heteroatoms. The van der Waals surface area contributed by atoms with E-state index in [1.54, 1.807) is 54.6 Å². The van der Waals surface area contributed by atoms with Crippen LogP contribution in [0.15, 0.2) is 60.7 Å². The fourth-order valence-corrected chi connectivity index (χ4v) is 4.09. The van der Waals surface area contributed by atoms with Crippen LogP contribution in [0.1, 0.15) is 27.2 Å². The van der Waals surface area contributed by atoms with E-state index >= 15 is 0 Å². The first kappa shape index (κ1) is 24.3. The van der Waals surface area contributed by atoms with Gasteiger partial charge in [0.25, 0.3) is 5.91 Å². The summed E-state index contributed by atoms with van der Waals surface area (Å²) >= 11 is 12.3. The van der Waals surface area contributed by atoms with E-state index in [9.17, 15) is 14.4 Å². The van der Waals surface area contributed by atoms with Crippen molar-refractivity contribution in [2.24, 2.45) is 0 Å². The molecule has 0 aliphatic carbocycles. The number of nitrogens with one attached hydrogen (secondary N) is 3. The van der Waals surface area contributed by atoms with Crippen molar-refractivity contribution in [3.8, 4) is 0 Å². The summed E-state index contributed by atoms with van der Waals surface area (Å²) in [6.45, 7) is 5.64. The van der Waals surface area contributed by atoms with Crippen molar-refractivity contribution in [1.29, 1.82) is 0 Å². The number of hydrogen-bond acceptors (Lipinski definition) is 3. The Morgan fingerprint density at radius 1 is 0.743 bits per heavy atom. The number of rotatable bonds is 4. The van der Waals surface area contributed by atoms with Crippen LogP contribution in [-0.4, -0.2) is 22.4 Å². The minimum absolute atomic E-state index is 0.103. The lowest BCUT2D eigenvalue weighted by Gasteiger charge is -2.13. The maximum Gasteiger partial charge on any atom is 0.328 e. The van der Waals surface area contributed by atoms with E-state index in [1.807, 2.05) is 26.8 Å². The number of nitrogens with zero attached hydrogens (tertiary/aromatic N) is 1. The molecule has 0 radical (unpaired) electrons. The fourth-order valence-electron chi connectivity index (χ4n) is 3.73. The van der Waals surface area contributed by atoms with Crippen LogP contribution >= 0.6 is 23.2 Å². The molecule has 4 aromatic rings. The molecule has 4 rings (SSSR count). The zero-order valence-electron chi connectivity index (χ0n) is 19.2. The summed E-state index contributed by atoms with van der Waals surface area (Å²) in [5.41, 5.74) is 6.88. The SMILES string of the molecule is Cc1cc(C)cc(NC(=O)C(=O)Nn2c(C(=O)Nc3ccc(C)c(Cl)c3)cc3cc(Cl)ccc32)c1. The molecule has 1 heterocycles. The monoisotopic (exact) mass is 508 g/mol. The first-order chi connectivity index (χ1) is 16.6. The Balaban J connectivity index is 1.63. The van der Waals surface area contributed by atoms with Gasteiger partial charge in [-0.1, -0.05) is 35.3 Å². The number of aryl methyl sites for hydroxylation is 3. The van der Waals surface area contributed by atoms with Crippen LogP contribution in [0.5, 0.6) is 0 Å². The van der Waals surface area contributed by atoms with Crippen molar-refractivity contribution < 1.29 is 14.4 Å². The molecule has 1 aromatic heterocycles. The summed E-state index contributed by atoms with van der Waals surface area (Å²) in [4.78, 5) is 38.6. The van der Waals surface area contributed by atoms with E-state index in [-0.39, 0.29) is 5.69 Å². The van der Waals surface area contributed by atoms with E-state index in [0.29, 0.717) is 32.3 Å². The zero-order chi connectivity index (χ0) is 25.3. The molecule has 0 atom stereocenters. The van der Waals surface area contributed by atoms with E-state index in [0.717, 1.165) is 16.7 Å². The maximum absolute atomic E-state index is 13.1. The number of halogens is 2.